The summed E-state index contributed by atoms with van der Waals surface area (Å²) in [7, 11) is 8.15. The van der Waals surface area contributed by atoms with E-state index in [1.54, 1.807) is 13.0 Å². The highest BCUT2D eigenvalue weighted by atomic mass is 127. The summed E-state index contributed by atoms with van der Waals surface area (Å²) in [5.74, 6) is 0.0612. The summed E-state index contributed by atoms with van der Waals surface area (Å²) >= 11 is 2.40. The van der Waals surface area contributed by atoms with E-state index in [-0.39, 0.29) is 5.78 Å². The summed E-state index contributed by atoms with van der Waals surface area (Å²) in [6, 6.07) is 13.0. The first-order chi connectivity index (χ1) is 11.8. The van der Waals surface area contributed by atoms with Gasteiger partial charge in [-0.3, -0.25) is 4.79 Å². The van der Waals surface area contributed by atoms with Crippen molar-refractivity contribution in [3.8, 4) is 0 Å². The number of rotatable bonds is 6. The first kappa shape index (κ1) is 19.5. The summed E-state index contributed by atoms with van der Waals surface area (Å²) in [5.41, 5.74) is 5.94. The maximum atomic E-state index is 11.4. The molecule has 0 aliphatic rings. The zero-order chi connectivity index (χ0) is 18.6. The van der Waals surface area contributed by atoms with Crippen LogP contribution in [0, 0.1) is 3.57 Å². The maximum Gasteiger partial charge on any atom is 0.152 e. The highest BCUT2D eigenvalue weighted by Crippen LogP contribution is 2.26. The minimum absolute atomic E-state index is 0.0612. The molecular weight excluding hydrogens is 423 g/mol. The molecule has 0 unspecified atom stereocenters. The highest BCUT2D eigenvalue weighted by Gasteiger charge is 2.08. The minimum atomic E-state index is 0.0612. The van der Waals surface area contributed by atoms with Gasteiger partial charge in [-0.1, -0.05) is 18.2 Å². The van der Waals surface area contributed by atoms with Crippen molar-refractivity contribution < 1.29 is 4.79 Å². The highest BCUT2D eigenvalue weighted by molar-refractivity contribution is 14.1. The number of hydrogen-bond acceptors (Lipinski definition) is 3. The lowest BCUT2D eigenvalue weighted by Gasteiger charge is -2.17. The van der Waals surface area contributed by atoms with Gasteiger partial charge in [0, 0.05) is 43.1 Å². The molecule has 25 heavy (non-hydrogen) atoms. The molecule has 2 rings (SSSR count). The van der Waals surface area contributed by atoms with Gasteiger partial charge >= 0.3 is 0 Å². The van der Waals surface area contributed by atoms with E-state index in [0.29, 0.717) is 0 Å². The molecule has 0 bridgehead atoms. The largest absolute Gasteiger partial charge is 0.378 e. The van der Waals surface area contributed by atoms with Crippen molar-refractivity contribution in [3.05, 3.63) is 62.7 Å². The molecule has 2 aromatic rings. The molecule has 0 N–H and O–H groups in total. The Kier molecular flexibility index (Phi) is 6.64. The standard InChI is InChI=1S/C21H25IN2O/c1-15(25)6-7-17-13-19(23(2)3)10-8-16(17)12-18-9-11-20(24(4)5)14-21(18)22/h6-11,13-14H,12H2,1-5H3/b7-6+. The number of anilines is 2. The predicted molar refractivity (Wildman–Crippen MR) is 117 cm³/mol. The van der Waals surface area contributed by atoms with Gasteiger partial charge in [-0.2, -0.15) is 0 Å². The lowest BCUT2D eigenvalue weighted by atomic mass is 9.98. The van der Waals surface area contributed by atoms with Crippen LogP contribution in [0.15, 0.2) is 42.5 Å². The van der Waals surface area contributed by atoms with E-state index >= 15 is 0 Å². The Bertz CT molecular complexity index is 794. The first-order valence-corrected chi connectivity index (χ1v) is 9.30. The van der Waals surface area contributed by atoms with Crippen molar-refractivity contribution in [2.24, 2.45) is 0 Å². The third-order valence-electron chi connectivity index (χ3n) is 4.08. The number of halogens is 1. The second-order valence-electron chi connectivity index (χ2n) is 6.57. The van der Waals surface area contributed by atoms with Crippen LogP contribution in [0.1, 0.15) is 23.6 Å². The number of hydrogen-bond donors (Lipinski definition) is 0. The molecule has 0 atom stereocenters. The van der Waals surface area contributed by atoms with Crippen LogP contribution >= 0.6 is 22.6 Å². The molecule has 0 radical (unpaired) electrons. The molecule has 0 amide bonds. The third kappa shape index (κ3) is 5.33. The molecule has 132 valence electrons. The second kappa shape index (κ2) is 8.52. The first-order valence-electron chi connectivity index (χ1n) is 8.22. The van der Waals surface area contributed by atoms with Crippen LogP contribution < -0.4 is 9.80 Å². The molecule has 2 aromatic carbocycles. The van der Waals surface area contributed by atoms with E-state index in [0.717, 1.165) is 17.7 Å². The fraction of sp³-hybridized carbons (Fsp3) is 0.286. The fourth-order valence-electron chi connectivity index (χ4n) is 2.55. The Balaban J connectivity index is 2.39. The van der Waals surface area contributed by atoms with Gasteiger partial charge in [0.05, 0.1) is 0 Å². The predicted octanol–water partition coefficient (Wildman–Crippen LogP) is 4.62. The molecule has 0 saturated heterocycles. The Morgan fingerprint density at radius 3 is 2.04 bits per heavy atom. The van der Waals surface area contributed by atoms with Gasteiger partial charge in [-0.15, -0.1) is 0 Å². The van der Waals surface area contributed by atoms with Crippen molar-refractivity contribution in [2.45, 2.75) is 13.3 Å². The van der Waals surface area contributed by atoms with Gasteiger partial charge in [0.1, 0.15) is 0 Å². The van der Waals surface area contributed by atoms with Crippen molar-refractivity contribution in [3.63, 3.8) is 0 Å². The van der Waals surface area contributed by atoms with Crippen LogP contribution in [-0.4, -0.2) is 34.0 Å². The van der Waals surface area contributed by atoms with E-state index in [4.69, 9.17) is 0 Å². The summed E-state index contributed by atoms with van der Waals surface area (Å²) in [6.45, 7) is 1.58. The van der Waals surface area contributed by atoms with E-state index in [1.807, 2.05) is 20.2 Å². The molecular formula is C21H25IN2O. The summed E-state index contributed by atoms with van der Waals surface area (Å²) in [6.07, 6.45) is 4.40. The molecule has 0 fully saturated rings. The van der Waals surface area contributed by atoms with E-state index in [1.165, 1.54) is 20.4 Å². The smallest absolute Gasteiger partial charge is 0.152 e. The van der Waals surface area contributed by atoms with Crippen molar-refractivity contribution in [2.75, 3.05) is 38.0 Å². The Hall–Kier alpha value is -1.82. The summed E-state index contributed by atoms with van der Waals surface area (Å²) in [4.78, 5) is 15.5. The molecule has 0 aromatic heterocycles. The van der Waals surface area contributed by atoms with Crippen LogP contribution in [0.3, 0.4) is 0 Å². The van der Waals surface area contributed by atoms with Crippen LogP contribution in [0.25, 0.3) is 6.08 Å². The monoisotopic (exact) mass is 448 g/mol. The summed E-state index contributed by atoms with van der Waals surface area (Å²) < 4.78 is 1.25. The molecule has 0 spiro atoms. The van der Waals surface area contributed by atoms with Crippen molar-refractivity contribution in [1.82, 2.24) is 0 Å². The average Bonchev–Trinajstić information content (AvgIpc) is 2.55. The van der Waals surface area contributed by atoms with Gasteiger partial charge in [-0.05, 0) is 83.0 Å². The van der Waals surface area contributed by atoms with Gasteiger partial charge in [0.15, 0.2) is 5.78 Å². The van der Waals surface area contributed by atoms with Gasteiger partial charge in [-0.25, -0.2) is 0 Å². The van der Waals surface area contributed by atoms with Crippen LogP contribution in [0.2, 0.25) is 0 Å². The van der Waals surface area contributed by atoms with E-state index < -0.39 is 0 Å². The van der Waals surface area contributed by atoms with E-state index in [2.05, 4.69) is 82.9 Å². The number of allylic oxidation sites excluding steroid dienone is 1. The lowest BCUT2D eigenvalue weighted by molar-refractivity contribution is -0.112. The second-order valence-corrected chi connectivity index (χ2v) is 7.73. The Labute approximate surface area is 164 Å². The molecule has 0 aliphatic carbocycles. The van der Waals surface area contributed by atoms with Crippen molar-refractivity contribution in [1.29, 1.82) is 0 Å². The zero-order valence-electron chi connectivity index (χ0n) is 15.5. The normalized spacial score (nSPS) is 11.0. The maximum absolute atomic E-state index is 11.4. The van der Waals surface area contributed by atoms with Gasteiger partial charge in [0.25, 0.3) is 0 Å². The number of nitrogens with zero attached hydrogens (tertiary/aromatic N) is 2. The van der Waals surface area contributed by atoms with Crippen LogP contribution in [0.4, 0.5) is 11.4 Å². The molecule has 0 saturated carbocycles. The average molecular weight is 448 g/mol. The van der Waals surface area contributed by atoms with Crippen LogP contribution in [-0.2, 0) is 11.2 Å². The quantitative estimate of drug-likeness (QED) is 0.476. The van der Waals surface area contributed by atoms with Crippen LogP contribution in [0.5, 0.6) is 0 Å². The number of carbonyl (C=O) groups is 1. The van der Waals surface area contributed by atoms with Crippen molar-refractivity contribution >= 4 is 45.8 Å². The fourth-order valence-corrected chi connectivity index (χ4v) is 3.24. The number of carbonyl (C=O) groups excluding carboxylic acids is 1. The topological polar surface area (TPSA) is 23.6 Å². The zero-order valence-corrected chi connectivity index (χ0v) is 17.7. The van der Waals surface area contributed by atoms with Gasteiger partial charge < -0.3 is 9.80 Å². The number of benzene rings is 2. The lowest BCUT2D eigenvalue weighted by Crippen LogP contribution is -2.10. The SMILES string of the molecule is CC(=O)/C=C/c1cc(N(C)C)ccc1Cc1ccc(N(C)C)cc1I. The number of ketones is 1. The Morgan fingerprint density at radius 2 is 1.52 bits per heavy atom. The van der Waals surface area contributed by atoms with E-state index in [9.17, 15) is 4.79 Å². The molecule has 4 heteroatoms. The third-order valence-corrected chi connectivity index (χ3v) is 5.08. The molecule has 0 aliphatic heterocycles. The van der Waals surface area contributed by atoms with Gasteiger partial charge in [0.2, 0.25) is 0 Å². The summed E-state index contributed by atoms with van der Waals surface area (Å²) in [5, 5.41) is 0. The molecule has 3 nitrogen and oxygen atoms in total. The molecule has 0 heterocycles. The minimum Gasteiger partial charge on any atom is -0.378 e. The Morgan fingerprint density at radius 1 is 0.960 bits per heavy atom.